The van der Waals surface area contributed by atoms with E-state index in [1.165, 1.54) is 6.42 Å². The highest BCUT2D eigenvalue weighted by Crippen LogP contribution is 2.32. The number of nitrogens with zero attached hydrogens (tertiary/aromatic N) is 2. The average Bonchev–Trinajstić information content (AvgIpc) is 2.50. The molecule has 0 bridgehead atoms. The Balaban J connectivity index is 0.000000648. The highest BCUT2D eigenvalue weighted by molar-refractivity contribution is 6.31. The molecule has 1 aliphatic heterocycles. The number of aryl methyl sites for hydroxylation is 1. The van der Waals surface area contributed by atoms with Crippen LogP contribution in [-0.2, 0) is 0 Å². The Labute approximate surface area is 151 Å². The van der Waals surface area contributed by atoms with Crippen LogP contribution in [0.4, 0.5) is 4.79 Å². The van der Waals surface area contributed by atoms with Crippen molar-refractivity contribution in [3.8, 4) is 5.75 Å². The van der Waals surface area contributed by atoms with Crippen LogP contribution < -0.4 is 4.74 Å². The summed E-state index contributed by atoms with van der Waals surface area (Å²) in [5.74, 6) is 0.898. The first-order valence-corrected chi connectivity index (χ1v) is 8.98. The summed E-state index contributed by atoms with van der Waals surface area (Å²) in [4.78, 5) is 16.0. The Bertz CT molecular complexity index is 536. The number of carbonyl (C=O) groups is 1. The minimum absolute atomic E-state index is 0.242. The van der Waals surface area contributed by atoms with Crippen molar-refractivity contribution >= 4 is 17.7 Å². The van der Waals surface area contributed by atoms with Crippen LogP contribution in [0.2, 0.25) is 5.02 Å². The van der Waals surface area contributed by atoms with Crippen molar-refractivity contribution in [2.24, 2.45) is 0 Å². The van der Waals surface area contributed by atoms with Crippen molar-refractivity contribution in [1.29, 1.82) is 0 Å². The molecule has 1 aromatic carbocycles. The first kappa shape index (κ1) is 20.8. The highest BCUT2D eigenvalue weighted by Gasteiger charge is 2.20. The van der Waals surface area contributed by atoms with E-state index in [1.54, 1.807) is 4.90 Å². The number of likely N-dealkylation sites (tertiary alicyclic amines) is 1. The van der Waals surface area contributed by atoms with Crippen LogP contribution in [0.25, 0.3) is 0 Å². The zero-order valence-corrected chi connectivity index (χ0v) is 16.6. The van der Waals surface area contributed by atoms with Gasteiger partial charge in [-0.2, -0.15) is 0 Å². The molecule has 0 atom stereocenters. The molecule has 0 unspecified atom stereocenters. The van der Waals surface area contributed by atoms with E-state index < -0.39 is 0 Å². The van der Waals surface area contributed by atoms with Gasteiger partial charge in [-0.3, -0.25) is 0 Å². The Morgan fingerprint density at radius 2 is 1.71 bits per heavy atom. The van der Waals surface area contributed by atoms with E-state index in [-0.39, 0.29) is 12.0 Å². The van der Waals surface area contributed by atoms with Gasteiger partial charge in [0.25, 0.3) is 0 Å². The second-order valence-electron chi connectivity index (χ2n) is 7.05. The van der Waals surface area contributed by atoms with E-state index in [4.69, 9.17) is 16.3 Å². The first-order valence-electron chi connectivity index (χ1n) is 8.60. The van der Waals surface area contributed by atoms with E-state index in [0.29, 0.717) is 10.8 Å². The van der Waals surface area contributed by atoms with Crippen LogP contribution in [0.5, 0.6) is 5.75 Å². The lowest BCUT2D eigenvalue weighted by Crippen LogP contribution is -2.37. The Hall–Kier alpha value is -1.26. The van der Waals surface area contributed by atoms with Gasteiger partial charge in [-0.1, -0.05) is 25.4 Å². The molecule has 0 aromatic heterocycles. The van der Waals surface area contributed by atoms with E-state index in [2.05, 4.69) is 13.8 Å². The normalized spacial score (nSPS) is 14.5. The largest absolute Gasteiger partial charge is 0.415 e. The number of carbonyl (C=O) groups excluding carboxylic acids is 1. The molecule has 0 N–H and O–H groups in total. The van der Waals surface area contributed by atoms with Gasteiger partial charge < -0.3 is 14.5 Å². The van der Waals surface area contributed by atoms with E-state index in [9.17, 15) is 4.79 Å². The maximum absolute atomic E-state index is 12.2. The van der Waals surface area contributed by atoms with Crippen LogP contribution in [-0.4, -0.2) is 50.1 Å². The second kappa shape index (κ2) is 9.90. The van der Waals surface area contributed by atoms with Crippen LogP contribution in [0.15, 0.2) is 12.1 Å². The van der Waals surface area contributed by atoms with Gasteiger partial charge >= 0.3 is 6.09 Å². The van der Waals surface area contributed by atoms with Gasteiger partial charge in [0.05, 0.1) is 0 Å². The topological polar surface area (TPSA) is 32.8 Å². The molecule has 1 amide bonds. The number of ether oxygens (including phenoxy) is 1. The second-order valence-corrected chi connectivity index (χ2v) is 7.46. The molecule has 4 nitrogen and oxygen atoms in total. The van der Waals surface area contributed by atoms with Crippen molar-refractivity contribution in [2.45, 2.75) is 46.0 Å². The van der Waals surface area contributed by atoms with Crippen molar-refractivity contribution in [1.82, 2.24) is 9.80 Å². The third-order valence-corrected chi connectivity index (χ3v) is 4.13. The Morgan fingerprint density at radius 3 is 2.21 bits per heavy atom. The van der Waals surface area contributed by atoms with Gasteiger partial charge in [-0.05, 0) is 76.5 Å². The summed E-state index contributed by atoms with van der Waals surface area (Å²) in [5.41, 5.74) is 1.91. The number of hydrogen-bond donors (Lipinski definition) is 0. The van der Waals surface area contributed by atoms with Gasteiger partial charge in [0.1, 0.15) is 5.75 Å². The third-order valence-electron chi connectivity index (χ3n) is 3.72. The van der Waals surface area contributed by atoms with Crippen molar-refractivity contribution in [2.75, 3.05) is 34.2 Å². The summed E-state index contributed by atoms with van der Waals surface area (Å²) >= 11 is 6.16. The summed E-state index contributed by atoms with van der Waals surface area (Å²) in [6.07, 6.45) is 3.08. The molecule has 1 heterocycles. The van der Waals surface area contributed by atoms with Gasteiger partial charge in [0.15, 0.2) is 0 Å². The molecule has 1 aromatic rings. The van der Waals surface area contributed by atoms with E-state index >= 15 is 0 Å². The summed E-state index contributed by atoms with van der Waals surface area (Å²) in [6.45, 7) is 7.65. The minimum atomic E-state index is -0.242. The molecular formula is C19H31ClN2O2. The monoisotopic (exact) mass is 354 g/mol. The standard InChI is InChI=1S/C16H22ClNO2.C3H9N/c1-11(2)13-10-14(17)12(3)9-15(13)20-16(19)18-7-5-4-6-8-18;1-4(2)3/h9-11H,4-8H2,1-3H3;1-3H3. The van der Waals surface area contributed by atoms with Crippen LogP contribution in [0.1, 0.15) is 50.2 Å². The molecule has 24 heavy (non-hydrogen) atoms. The maximum Gasteiger partial charge on any atom is 0.415 e. The fourth-order valence-corrected chi connectivity index (χ4v) is 2.62. The average molecular weight is 355 g/mol. The maximum atomic E-state index is 12.2. The molecule has 2 rings (SSSR count). The molecule has 0 saturated carbocycles. The van der Waals surface area contributed by atoms with Crippen LogP contribution >= 0.6 is 11.6 Å². The zero-order valence-electron chi connectivity index (χ0n) is 15.9. The molecule has 0 spiro atoms. The predicted octanol–water partition coefficient (Wildman–Crippen LogP) is 4.93. The fourth-order valence-electron chi connectivity index (χ4n) is 2.45. The highest BCUT2D eigenvalue weighted by atomic mass is 35.5. The van der Waals surface area contributed by atoms with Crippen molar-refractivity contribution in [3.63, 3.8) is 0 Å². The number of piperidine rings is 1. The minimum Gasteiger partial charge on any atom is -0.410 e. The predicted molar refractivity (Wildman–Crippen MR) is 101 cm³/mol. The Kier molecular flexibility index (Phi) is 8.57. The van der Waals surface area contributed by atoms with Crippen molar-refractivity contribution < 1.29 is 9.53 Å². The molecule has 1 aliphatic rings. The molecule has 0 aliphatic carbocycles. The zero-order chi connectivity index (χ0) is 18.3. The lowest BCUT2D eigenvalue weighted by atomic mass is 10.0. The molecule has 5 heteroatoms. The summed E-state index contributed by atoms with van der Waals surface area (Å²) in [7, 11) is 6.00. The lowest BCUT2D eigenvalue weighted by Gasteiger charge is -2.26. The number of hydrogen-bond acceptors (Lipinski definition) is 3. The smallest absolute Gasteiger partial charge is 0.410 e. The van der Waals surface area contributed by atoms with Gasteiger partial charge in [-0.15, -0.1) is 0 Å². The van der Waals surface area contributed by atoms with Gasteiger partial charge in [0, 0.05) is 18.1 Å². The summed E-state index contributed by atoms with van der Waals surface area (Å²) in [5, 5.41) is 0.714. The number of rotatable bonds is 2. The van der Waals surface area contributed by atoms with E-state index in [1.807, 2.05) is 45.1 Å². The summed E-state index contributed by atoms with van der Waals surface area (Å²) < 4.78 is 5.61. The fraction of sp³-hybridized carbons (Fsp3) is 0.632. The SMILES string of the molecule is CN(C)C.Cc1cc(OC(=O)N2CCCCC2)c(C(C)C)cc1Cl. The molecule has 0 radical (unpaired) electrons. The lowest BCUT2D eigenvalue weighted by molar-refractivity contribution is 0.142. The molecule has 136 valence electrons. The number of halogens is 1. The summed E-state index contributed by atoms with van der Waals surface area (Å²) in [6, 6.07) is 3.76. The van der Waals surface area contributed by atoms with E-state index in [0.717, 1.165) is 37.1 Å². The van der Waals surface area contributed by atoms with Crippen LogP contribution in [0, 0.1) is 6.92 Å². The Morgan fingerprint density at radius 1 is 1.17 bits per heavy atom. The number of amides is 1. The van der Waals surface area contributed by atoms with Gasteiger partial charge in [0.2, 0.25) is 0 Å². The number of benzene rings is 1. The molecule has 1 fully saturated rings. The third kappa shape index (κ3) is 6.70. The van der Waals surface area contributed by atoms with Crippen molar-refractivity contribution in [3.05, 3.63) is 28.3 Å². The molecule has 1 saturated heterocycles. The quantitative estimate of drug-likeness (QED) is 0.754. The van der Waals surface area contributed by atoms with Gasteiger partial charge in [-0.25, -0.2) is 4.79 Å². The first-order chi connectivity index (χ1) is 11.2. The molecular weight excluding hydrogens is 324 g/mol. The van der Waals surface area contributed by atoms with Crippen LogP contribution in [0.3, 0.4) is 0 Å².